The number of hydrogen-bond acceptors (Lipinski definition) is 3. The van der Waals surface area contributed by atoms with E-state index in [9.17, 15) is 13.2 Å². The van der Waals surface area contributed by atoms with Crippen LogP contribution in [-0.4, -0.2) is 24.3 Å². The third-order valence-corrected chi connectivity index (χ3v) is 2.50. The summed E-state index contributed by atoms with van der Waals surface area (Å²) >= 11 is 0. The molecule has 0 aromatic carbocycles. The zero-order valence-corrected chi connectivity index (χ0v) is 11.1. The van der Waals surface area contributed by atoms with Gasteiger partial charge in [-0.1, -0.05) is 13.8 Å². The molecule has 1 aromatic rings. The summed E-state index contributed by atoms with van der Waals surface area (Å²) in [7, 11) is 0. The smallest absolute Gasteiger partial charge is 0.390 e. The Bertz CT molecular complexity index is 382. The molecular weight excluding hydrogens is 257 g/mol. The molecule has 0 amide bonds. The van der Waals surface area contributed by atoms with Gasteiger partial charge in [0.2, 0.25) is 0 Å². The molecule has 1 rings (SSSR count). The molecule has 0 saturated carbocycles. The standard InChI is InChI=1S/C13H19F3N2O/c1-3-5-19-11-6-10(8-17-9-11)12(18-4-2)7-13(14,15)16/h6,8-9,12,18H,3-5,7H2,1-2H3. The molecule has 0 spiro atoms. The Hall–Kier alpha value is -1.30. The average molecular weight is 276 g/mol. The Morgan fingerprint density at radius 2 is 2.05 bits per heavy atom. The van der Waals surface area contributed by atoms with Gasteiger partial charge in [0.05, 0.1) is 19.2 Å². The summed E-state index contributed by atoms with van der Waals surface area (Å²) in [5.41, 5.74) is 0.493. The normalized spacial score (nSPS) is 13.3. The van der Waals surface area contributed by atoms with Gasteiger partial charge in [-0.05, 0) is 24.6 Å². The Morgan fingerprint density at radius 3 is 2.63 bits per heavy atom. The quantitative estimate of drug-likeness (QED) is 0.828. The molecule has 0 bridgehead atoms. The predicted molar refractivity (Wildman–Crippen MR) is 67.1 cm³/mol. The molecule has 0 radical (unpaired) electrons. The number of ether oxygens (including phenoxy) is 1. The third-order valence-electron chi connectivity index (χ3n) is 2.50. The summed E-state index contributed by atoms with van der Waals surface area (Å²) < 4.78 is 43.0. The molecule has 0 saturated heterocycles. The molecule has 6 heteroatoms. The highest BCUT2D eigenvalue weighted by Gasteiger charge is 2.32. The molecule has 0 aliphatic heterocycles. The van der Waals surface area contributed by atoms with Crippen LogP contribution in [0.3, 0.4) is 0 Å². The first-order valence-corrected chi connectivity index (χ1v) is 6.34. The minimum Gasteiger partial charge on any atom is -0.492 e. The number of aromatic nitrogens is 1. The van der Waals surface area contributed by atoms with E-state index in [2.05, 4.69) is 10.3 Å². The van der Waals surface area contributed by atoms with Crippen molar-refractivity contribution < 1.29 is 17.9 Å². The van der Waals surface area contributed by atoms with E-state index in [0.717, 1.165) is 6.42 Å². The number of halogens is 3. The van der Waals surface area contributed by atoms with Crippen LogP contribution in [0, 0.1) is 0 Å². The molecular formula is C13H19F3N2O. The van der Waals surface area contributed by atoms with Crippen LogP contribution >= 0.6 is 0 Å². The Morgan fingerprint density at radius 1 is 1.32 bits per heavy atom. The monoisotopic (exact) mass is 276 g/mol. The lowest BCUT2D eigenvalue weighted by atomic mass is 10.1. The number of nitrogens with one attached hydrogen (secondary N) is 1. The van der Waals surface area contributed by atoms with Crippen LogP contribution in [-0.2, 0) is 0 Å². The van der Waals surface area contributed by atoms with E-state index in [4.69, 9.17) is 4.74 Å². The van der Waals surface area contributed by atoms with Crippen molar-refractivity contribution in [1.29, 1.82) is 0 Å². The van der Waals surface area contributed by atoms with Crippen molar-refractivity contribution in [1.82, 2.24) is 10.3 Å². The summed E-state index contributed by atoms with van der Waals surface area (Å²) in [5.74, 6) is 0.504. The molecule has 108 valence electrons. The van der Waals surface area contributed by atoms with Crippen molar-refractivity contribution >= 4 is 0 Å². The van der Waals surface area contributed by atoms with Crippen LogP contribution in [0.5, 0.6) is 5.75 Å². The van der Waals surface area contributed by atoms with E-state index in [0.29, 0.717) is 24.5 Å². The van der Waals surface area contributed by atoms with Crippen molar-refractivity contribution in [2.75, 3.05) is 13.2 Å². The molecule has 19 heavy (non-hydrogen) atoms. The van der Waals surface area contributed by atoms with E-state index in [1.807, 2.05) is 6.92 Å². The molecule has 1 aromatic heterocycles. The molecule has 0 fully saturated rings. The van der Waals surface area contributed by atoms with Gasteiger partial charge >= 0.3 is 6.18 Å². The maximum Gasteiger partial charge on any atom is 0.390 e. The highest BCUT2D eigenvalue weighted by atomic mass is 19.4. The van der Waals surface area contributed by atoms with Gasteiger partial charge in [-0.3, -0.25) is 4.98 Å². The van der Waals surface area contributed by atoms with Gasteiger partial charge < -0.3 is 10.1 Å². The zero-order valence-electron chi connectivity index (χ0n) is 11.1. The van der Waals surface area contributed by atoms with Gasteiger partial charge in [-0.15, -0.1) is 0 Å². The first-order valence-electron chi connectivity index (χ1n) is 6.34. The fourth-order valence-electron chi connectivity index (χ4n) is 1.71. The van der Waals surface area contributed by atoms with Crippen LogP contribution in [0.2, 0.25) is 0 Å². The van der Waals surface area contributed by atoms with Crippen molar-refractivity contribution in [3.05, 3.63) is 24.0 Å². The maximum atomic E-state index is 12.5. The number of pyridine rings is 1. The Labute approximate surface area is 111 Å². The summed E-state index contributed by atoms with van der Waals surface area (Å²) in [5, 5.41) is 2.82. The zero-order chi connectivity index (χ0) is 14.3. The largest absolute Gasteiger partial charge is 0.492 e. The summed E-state index contributed by atoms with van der Waals surface area (Å²) in [4.78, 5) is 3.94. The summed E-state index contributed by atoms with van der Waals surface area (Å²) in [6.07, 6.45) is -1.34. The molecule has 1 N–H and O–H groups in total. The SMILES string of the molecule is CCCOc1cncc(C(CC(F)(F)F)NCC)c1. The highest BCUT2D eigenvalue weighted by molar-refractivity contribution is 5.26. The minimum absolute atomic E-state index is 0.459. The molecule has 1 heterocycles. The highest BCUT2D eigenvalue weighted by Crippen LogP contribution is 2.30. The Balaban J connectivity index is 2.83. The van der Waals surface area contributed by atoms with Crippen LogP contribution in [0.25, 0.3) is 0 Å². The van der Waals surface area contributed by atoms with Crippen LogP contribution < -0.4 is 10.1 Å². The molecule has 1 atom stereocenters. The van der Waals surface area contributed by atoms with Crippen LogP contribution in [0.1, 0.15) is 38.3 Å². The van der Waals surface area contributed by atoms with E-state index >= 15 is 0 Å². The van der Waals surface area contributed by atoms with Crippen molar-refractivity contribution in [2.24, 2.45) is 0 Å². The van der Waals surface area contributed by atoms with Gasteiger partial charge in [-0.2, -0.15) is 13.2 Å². The second-order valence-electron chi connectivity index (χ2n) is 4.23. The molecule has 3 nitrogen and oxygen atoms in total. The number of nitrogens with zero attached hydrogens (tertiary/aromatic N) is 1. The number of hydrogen-bond donors (Lipinski definition) is 1. The molecule has 0 aliphatic rings. The first-order chi connectivity index (χ1) is 8.96. The second-order valence-corrected chi connectivity index (χ2v) is 4.23. The molecule has 0 aliphatic carbocycles. The number of rotatable bonds is 7. The van der Waals surface area contributed by atoms with Gasteiger partial charge in [0.15, 0.2) is 0 Å². The lowest BCUT2D eigenvalue weighted by Gasteiger charge is -2.20. The fraction of sp³-hybridized carbons (Fsp3) is 0.615. The number of alkyl halides is 3. The summed E-state index contributed by atoms with van der Waals surface area (Å²) in [6.45, 7) is 4.72. The van der Waals surface area contributed by atoms with Crippen molar-refractivity contribution in [3.63, 3.8) is 0 Å². The fourth-order valence-corrected chi connectivity index (χ4v) is 1.71. The molecule has 1 unspecified atom stereocenters. The van der Waals surface area contributed by atoms with Crippen LogP contribution in [0.15, 0.2) is 18.5 Å². The van der Waals surface area contributed by atoms with Crippen molar-refractivity contribution in [2.45, 2.75) is 38.9 Å². The van der Waals surface area contributed by atoms with Gasteiger partial charge in [-0.25, -0.2) is 0 Å². The van der Waals surface area contributed by atoms with Gasteiger partial charge in [0.1, 0.15) is 5.75 Å². The average Bonchev–Trinajstić information content (AvgIpc) is 2.35. The Kier molecular flexibility index (Phi) is 6.08. The second kappa shape index (κ2) is 7.33. The van der Waals surface area contributed by atoms with Crippen LogP contribution in [0.4, 0.5) is 13.2 Å². The lowest BCUT2D eigenvalue weighted by Crippen LogP contribution is -2.26. The minimum atomic E-state index is -4.22. The maximum absolute atomic E-state index is 12.5. The van der Waals surface area contributed by atoms with Gasteiger partial charge in [0, 0.05) is 12.2 Å². The van der Waals surface area contributed by atoms with Gasteiger partial charge in [0.25, 0.3) is 0 Å². The third kappa shape index (κ3) is 5.92. The predicted octanol–water partition coefficient (Wildman–Crippen LogP) is 3.47. The van der Waals surface area contributed by atoms with E-state index in [-0.39, 0.29) is 0 Å². The van der Waals surface area contributed by atoms with E-state index in [1.165, 1.54) is 12.4 Å². The summed E-state index contributed by atoms with van der Waals surface area (Å²) in [6, 6.07) is 0.824. The topological polar surface area (TPSA) is 34.1 Å². The first kappa shape index (κ1) is 15.8. The lowest BCUT2D eigenvalue weighted by molar-refractivity contribution is -0.140. The van der Waals surface area contributed by atoms with Crippen molar-refractivity contribution in [3.8, 4) is 5.75 Å². The van der Waals surface area contributed by atoms with E-state index in [1.54, 1.807) is 13.0 Å². The van der Waals surface area contributed by atoms with E-state index < -0.39 is 18.6 Å².